The Morgan fingerprint density at radius 3 is 2.09 bits per heavy atom. The van der Waals surface area contributed by atoms with Gasteiger partial charge >= 0.3 is 11.9 Å². The molecule has 1 atom stereocenters. The molecule has 0 bridgehead atoms. The highest BCUT2D eigenvalue weighted by atomic mass is 16.5. The van der Waals surface area contributed by atoms with Crippen LogP contribution in [0.1, 0.15) is 58.8 Å². The molecule has 6 heteroatoms. The van der Waals surface area contributed by atoms with Crippen LogP contribution in [-0.2, 0) is 23.9 Å². The van der Waals surface area contributed by atoms with E-state index in [-0.39, 0.29) is 24.9 Å². The molecule has 0 saturated heterocycles. The van der Waals surface area contributed by atoms with Crippen LogP contribution in [0.4, 0.5) is 0 Å². The van der Waals surface area contributed by atoms with Crippen LogP contribution in [0, 0.1) is 5.92 Å². The van der Waals surface area contributed by atoms with Gasteiger partial charge in [-0.2, -0.15) is 0 Å². The van der Waals surface area contributed by atoms with Crippen LogP contribution in [0.15, 0.2) is 0 Å². The van der Waals surface area contributed by atoms with Crippen LogP contribution in [0.3, 0.4) is 0 Å². The van der Waals surface area contributed by atoms with Crippen molar-refractivity contribution < 1.29 is 23.9 Å². The summed E-state index contributed by atoms with van der Waals surface area (Å²) in [6.45, 7) is 4.05. The predicted octanol–water partition coefficient (Wildman–Crippen LogP) is 1.99. The van der Waals surface area contributed by atoms with Gasteiger partial charge in [0, 0.05) is 6.42 Å². The van der Waals surface area contributed by atoms with Crippen LogP contribution < -0.4 is 5.73 Å². The molecule has 1 unspecified atom stereocenters. The molecule has 0 radical (unpaired) electrons. The molecule has 0 fully saturated rings. The number of ketones is 1. The lowest BCUT2D eigenvalue weighted by Gasteiger charge is -2.13. The Balaban J connectivity index is 3.83. The van der Waals surface area contributed by atoms with Crippen LogP contribution in [0.2, 0.25) is 0 Å². The zero-order valence-corrected chi connectivity index (χ0v) is 13.8. The van der Waals surface area contributed by atoms with E-state index in [2.05, 4.69) is 0 Å². The minimum absolute atomic E-state index is 0.136. The summed E-state index contributed by atoms with van der Waals surface area (Å²) in [6.07, 6.45) is 5.32. The number of Topliss-reactive ketones (excluding diaryl/α,β-unsaturated/α-hetero) is 1. The molecule has 22 heavy (non-hydrogen) atoms. The molecule has 6 nitrogen and oxygen atoms in total. The Kier molecular flexibility index (Phi) is 12.4. The van der Waals surface area contributed by atoms with Gasteiger partial charge in [0.15, 0.2) is 5.78 Å². The van der Waals surface area contributed by atoms with Gasteiger partial charge in [0.25, 0.3) is 0 Å². The Labute approximate surface area is 132 Å². The standard InChI is InChI=1S/C16H29NO5/c1-3-21-15(19)11-9-7-5-6-8-10-13(14(18)12-17)16(20)22-4-2/h13H,3-12,17H2,1-2H3. The van der Waals surface area contributed by atoms with E-state index < -0.39 is 11.9 Å². The summed E-state index contributed by atoms with van der Waals surface area (Å²) in [5.74, 6) is -1.62. The van der Waals surface area contributed by atoms with E-state index in [1.807, 2.05) is 0 Å². The van der Waals surface area contributed by atoms with E-state index >= 15 is 0 Å². The molecule has 0 heterocycles. The van der Waals surface area contributed by atoms with Crippen molar-refractivity contribution in [3.8, 4) is 0 Å². The topological polar surface area (TPSA) is 95.7 Å². The van der Waals surface area contributed by atoms with E-state index in [4.69, 9.17) is 15.2 Å². The minimum Gasteiger partial charge on any atom is -0.466 e. The first-order chi connectivity index (χ1) is 10.6. The number of carbonyl (C=O) groups excluding carboxylic acids is 3. The molecule has 0 rings (SSSR count). The van der Waals surface area contributed by atoms with E-state index in [1.165, 1.54) is 0 Å². The van der Waals surface area contributed by atoms with Gasteiger partial charge in [0.2, 0.25) is 0 Å². The molecule has 0 aromatic rings. The van der Waals surface area contributed by atoms with Crippen molar-refractivity contribution >= 4 is 17.7 Å². The molecular formula is C16H29NO5. The van der Waals surface area contributed by atoms with Crippen molar-refractivity contribution in [1.29, 1.82) is 0 Å². The highest BCUT2D eigenvalue weighted by molar-refractivity contribution is 5.99. The van der Waals surface area contributed by atoms with Gasteiger partial charge in [-0.3, -0.25) is 14.4 Å². The maximum atomic E-state index is 11.7. The average molecular weight is 315 g/mol. The van der Waals surface area contributed by atoms with Crippen molar-refractivity contribution in [2.24, 2.45) is 11.7 Å². The Morgan fingerprint density at radius 1 is 0.909 bits per heavy atom. The molecule has 0 spiro atoms. The van der Waals surface area contributed by atoms with Gasteiger partial charge in [-0.15, -0.1) is 0 Å². The second kappa shape index (κ2) is 13.2. The zero-order valence-electron chi connectivity index (χ0n) is 13.8. The molecule has 128 valence electrons. The Hall–Kier alpha value is -1.43. The fourth-order valence-electron chi connectivity index (χ4n) is 2.18. The molecule has 0 aliphatic carbocycles. The van der Waals surface area contributed by atoms with Crippen molar-refractivity contribution in [3.63, 3.8) is 0 Å². The summed E-state index contributed by atoms with van der Waals surface area (Å²) < 4.78 is 9.75. The maximum absolute atomic E-state index is 11.7. The number of unbranched alkanes of at least 4 members (excludes halogenated alkanes) is 4. The first-order valence-corrected chi connectivity index (χ1v) is 8.11. The third-order valence-corrected chi connectivity index (χ3v) is 3.34. The van der Waals surface area contributed by atoms with Gasteiger partial charge in [-0.25, -0.2) is 0 Å². The largest absolute Gasteiger partial charge is 0.466 e. The van der Waals surface area contributed by atoms with Crippen molar-refractivity contribution in [1.82, 2.24) is 0 Å². The lowest BCUT2D eigenvalue weighted by atomic mass is 9.96. The molecule has 0 saturated carbocycles. The quantitative estimate of drug-likeness (QED) is 0.317. The zero-order chi connectivity index (χ0) is 16.8. The predicted molar refractivity (Wildman–Crippen MR) is 83.1 cm³/mol. The van der Waals surface area contributed by atoms with Gasteiger partial charge in [-0.1, -0.05) is 25.7 Å². The van der Waals surface area contributed by atoms with Crippen LogP contribution in [-0.4, -0.2) is 37.5 Å². The van der Waals surface area contributed by atoms with Crippen molar-refractivity contribution in [2.75, 3.05) is 19.8 Å². The summed E-state index contributed by atoms with van der Waals surface area (Å²) in [4.78, 5) is 34.5. The first-order valence-electron chi connectivity index (χ1n) is 8.11. The fraction of sp³-hybridized carbons (Fsp3) is 0.812. The van der Waals surface area contributed by atoms with E-state index in [9.17, 15) is 14.4 Å². The van der Waals surface area contributed by atoms with Crippen LogP contribution in [0.5, 0.6) is 0 Å². The second-order valence-electron chi connectivity index (χ2n) is 5.09. The summed E-state index contributed by atoms with van der Waals surface area (Å²) in [7, 11) is 0. The van der Waals surface area contributed by atoms with E-state index in [0.717, 1.165) is 32.1 Å². The minimum atomic E-state index is -0.732. The summed E-state index contributed by atoms with van der Waals surface area (Å²) in [5.41, 5.74) is 5.33. The van der Waals surface area contributed by atoms with Gasteiger partial charge in [0.1, 0.15) is 5.92 Å². The first kappa shape index (κ1) is 20.6. The molecule has 0 aliphatic heterocycles. The monoisotopic (exact) mass is 315 g/mol. The SMILES string of the molecule is CCOC(=O)CCCCCCCC(C(=O)CN)C(=O)OCC. The van der Waals surface area contributed by atoms with Crippen LogP contribution in [0.25, 0.3) is 0 Å². The van der Waals surface area contributed by atoms with E-state index in [1.54, 1.807) is 13.8 Å². The third kappa shape index (κ3) is 9.50. The number of nitrogens with two attached hydrogens (primary N) is 1. The van der Waals surface area contributed by atoms with Crippen LogP contribution >= 0.6 is 0 Å². The van der Waals surface area contributed by atoms with Crippen molar-refractivity contribution in [3.05, 3.63) is 0 Å². The maximum Gasteiger partial charge on any atom is 0.316 e. The number of rotatable bonds is 13. The van der Waals surface area contributed by atoms with Gasteiger partial charge in [0.05, 0.1) is 19.8 Å². The molecule has 0 aromatic carbocycles. The second-order valence-corrected chi connectivity index (χ2v) is 5.09. The van der Waals surface area contributed by atoms with Gasteiger partial charge < -0.3 is 15.2 Å². The summed E-state index contributed by atoms with van der Waals surface area (Å²) in [5, 5.41) is 0. The Morgan fingerprint density at radius 2 is 1.50 bits per heavy atom. The lowest BCUT2D eigenvalue weighted by molar-refractivity contribution is -0.151. The summed E-state index contributed by atoms with van der Waals surface area (Å²) >= 11 is 0. The molecule has 0 amide bonds. The number of esters is 2. The lowest BCUT2D eigenvalue weighted by Crippen LogP contribution is -2.31. The normalized spacial score (nSPS) is 11.8. The third-order valence-electron chi connectivity index (χ3n) is 3.34. The molecule has 0 aromatic heterocycles. The smallest absolute Gasteiger partial charge is 0.316 e. The average Bonchev–Trinajstić information content (AvgIpc) is 2.49. The summed E-state index contributed by atoms with van der Waals surface area (Å²) in [6, 6.07) is 0. The van der Waals surface area contributed by atoms with Gasteiger partial charge in [-0.05, 0) is 26.7 Å². The van der Waals surface area contributed by atoms with E-state index in [0.29, 0.717) is 19.4 Å². The van der Waals surface area contributed by atoms with Crippen molar-refractivity contribution in [2.45, 2.75) is 58.8 Å². The number of hydrogen-bond donors (Lipinski definition) is 1. The molecule has 0 aliphatic rings. The Bertz CT molecular complexity index is 343. The number of carbonyl (C=O) groups is 3. The highest BCUT2D eigenvalue weighted by Gasteiger charge is 2.25. The molecular weight excluding hydrogens is 286 g/mol. The molecule has 2 N–H and O–H groups in total. The highest BCUT2D eigenvalue weighted by Crippen LogP contribution is 2.15. The fourth-order valence-corrected chi connectivity index (χ4v) is 2.18. The number of hydrogen-bond acceptors (Lipinski definition) is 6. The number of ether oxygens (including phenoxy) is 2.